The molecular weight excluding hydrogens is 318 g/mol. The van der Waals surface area contributed by atoms with Crippen LogP contribution in [0.15, 0.2) is 28.7 Å². The molecule has 2 amide bonds. The third-order valence-electron chi connectivity index (χ3n) is 4.53. The fourth-order valence-electron chi connectivity index (χ4n) is 3.56. The average Bonchev–Trinajstić information content (AvgIpc) is 2.38. The molecular formula is C16H18BrNO2. The van der Waals surface area contributed by atoms with E-state index < -0.39 is 0 Å². The Morgan fingerprint density at radius 1 is 1.00 bits per heavy atom. The highest BCUT2D eigenvalue weighted by Crippen LogP contribution is 2.46. The predicted molar refractivity (Wildman–Crippen MR) is 81.4 cm³/mol. The van der Waals surface area contributed by atoms with Crippen LogP contribution in [-0.4, -0.2) is 11.8 Å². The van der Waals surface area contributed by atoms with Gasteiger partial charge in [0.05, 0.1) is 5.69 Å². The molecule has 106 valence electrons. The fourth-order valence-corrected chi connectivity index (χ4v) is 3.95. The molecule has 1 saturated carbocycles. The summed E-state index contributed by atoms with van der Waals surface area (Å²) in [6.07, 6.45) is 6.62. The van der Waals surface area contributed by atoms with Gasteiger partial charge in [-0.25, -0.2) is 0 Å². The molecule has 1 saturated heterocycles. The van der Waals surface area contributed by atoms with E-state index in [4.69, 9.17) is 0 Å². The first-order valence-electron chi connectivity index (χ1n) is 7.21. The number of hydrogen-bond donors (Lipinski definition) is 0. The van der Waals surface area contributed by atoms with Crippen LogP contribution in [0.2, 0.25) is 0 Å². The molecule has 1 spiro atoms. The number of piperidine rings is 1. The maximum atomic E-state index is 12.5. The summed E-state index contributed by atoms with van der Waals surface area (Å²) in [5.41, 5.74) is 0.634. The number of halogens is 1. The van der Waals surface area contributed by atoms with E-state index in [1.807, 2.05) is 24.3 Å². The monoisotopic (exact) mass is 335 g/mol. The number of benzene rings is 1. The van der Waals surface area contributed by atoms with Gasteiger partial charge in [-0.15, -0.1) is 0 Å². The Morgan fingerprint density at radius 3 is 2.25 bits per heavy atom. The first-order valence-corrected chi connectivity index (χ1v) is 8.00. The highest BCUT2D eigenvalue weighted by Gasteiger charge is 2.44. The number of imide groups is 1. The molecule has 1 aliphatic carbocycles. The van der Waals surface area contributed by atoms with Crippen molar-refractivity contribution in [2.45, 2.75) is 44.9 Å². The predicted octanol–water partition coefficient (Wildman–Crippen LogP) is 4.05. The Bertz CT molecular complexity index is 529. The van der Waals surface area contributed by atoms with Crippen molar-refractivity contribution in [3.05, 3.63) is 28.7 Å². The first kappa shape index (κ1) is 13.8. The zero-order valence-corrected chi connectivity index (χ0v) is 13.0. The molecule has 20 heavy (non-hydrogen) atoms. The summed E-state index contributed by atoms with van der Waals surface area (Å²) in [7, 11) is 0. The van der Waals surface area contributed by atoms with Crippen LogP contribution >= 0.6 is 15.9 Å². The lowest BCUT2D eigenvalue weighted by molar-refractivity contribution is -0.134. The largest absolute Gasteiger partial charge is 0.274 e. The van der Waals surface area contributed by atoms with Crippen LogP contribution in [0.25, 0.3) is 0 Å². The molecule has 0 aromatic heterocycles. The molecule has 1 aromatic rings. The third kappa shape index (κ3) is 2.53. The van der Waals surface area contributed by atoms with Crippen molar-refractivity contribution in [3.8, 4) is 0 Å². The molecule has 0 unspecified atom stereocenters. The normalized spacial score (nSPS) is 22.4. The molecule has 4 heteroatoms. The number of anilines is 1. The van der Waals surface area contributed by atoms with Crippen molar-refractivity contribution in [1.29, 1.82) is 0 Å². The Labute approximate surface area is 127 Å². The van der Waals surface area contributed by atoms with E-state index in [-0.39, 0.29) is 17.2 Å². The second-order valence-corrected chi connectivity index (χ2v) is 6.93. The van der Waals surface area contributed by atoms with Crippen molar-refractivity contribution < 1.29 is 9.59 Å². The fraction of sp³-hybridized carbons (Fsp3) is 0.500. The van der Waals surface area contributed by atoms with Crippen molar-refractivity contribution in [3.63, 3.8) is 0 Å². The van der Waals surface area contributed by atoms with Gasteiger partial charge in [0.15, 0.2) is 0 Å². The summed E-state index contributed by atoms with van der Waals surface area (Å²) in [5, 5.41) is 0. The number of carbonyl (C=O) groups excluding carboxylic acids is 2. The van der Waals surface area contributed by atoms with Gasteiger partial charge in [0.2, 0.25) is 11.8 Å². The summed E-state index contributed by atoms with van der Waals surface area (Å²) < 4.78 is 0.883. The second kappa shape index (κ2) is 5.32. The van der Waals surface area contributed by atoms with Gasteiger partial charge in [0.25, 0.3) is 0 Å². The highest BCUT2D eigenvalue weighted by atomic mass is 79.9. The van der Waals surface area contributed by atoms with Crippen molar-refractivity contribution in [1.82, 2.24) is 0 Å². The van der Waals surface area contributed by atoms with Crippen LogP contribution in [0.3, 0.4) is 0 Å². The number of hydrogen-bond acceptors (Lipinski definition) is 2. The van der Waals surface area contributed by atoms with Crippen LogP contribution in [0, 0.1) is 5.41 Å². The van der Waals surface area contributed by atoms with E-state index in [9.17, 15) is 9.59 Å². The first-order chi connectivity index (χ1) is 9.60. The van der Waals surface area contributed by atoms with E-state index in [1.54, 1.807) is 0 Å². The number of nitrogens with zero attached hydrogens (tertiary/aromatic N) is 1. The maximum absolute atomic E-state index is 12.5. The second-order valence-electron chi connectivity index (χ2n) is 6.02. The van der Waals surface area contributed by atoms with Gasteiger partial charge in [-0.1, -0.05) is 41.3 Å². The van der Waals surface area contributed by atoms with Gasteiger partial charge >= 0.3 is 0 Å². The topological polar surface area (TPSA) is 37.4 Å². The third-order valence-corrected chi connectivity index (χ3v) is 5.03. The van der Waals surface area contributed by atoms with Crippen molar-refractivity contribution in [2.24, 2.45) is 5.41 Å². The molecule has 3 nitrogen and oxygen atoms in total. The Balaban J connectivity index is 1.86. The van der Waals surface area contributed by atoms with Gasteiger partial charge < -0.3 is 0 Å². The average molecular weight is 336 g/mol. The van der Waals surface area contributed by atoms with Gasteiger partial charge in [-0.2, -0.15) is 0 Å². The van der Waals surface area contributed by atoms with E-state index >= 15 is 0 Å². The van der Waals surface area contributed by atoms with Gasteiger partial charge in [-0.05, 0) is 36.5 Å². The minimum Gasteiger partial charge on any atom is -0.274 e. The highest BCUT2D eigenvalue weighted by molar-refractivity contribution is 9.10. The number of carbonyl (C=O) groups is 2. The quantitative estimate of drug-likeness (QED) is 0.726. The summed E-state index contributed by atoms with van der Waals surface area (Å²) in [6, 6.07) is 7.39. The lowest BCUT2D eigenvalue weighted by Crippen LogP contribution is -2.48. The Morgan fingerprint density at radius 2 is 1.65 bits per heavy atom. The van der Waals surface area contributed by atoms with Crippen molar-refractivity contribution >= 4 is 33.4 Å². The van der Waals surface area contributed by atoms with E-state index in [1.165, 1.54) is 11.3 Å². The Hall–Kier alpha value is -1.16. The van der Waals surface area contributed by atoms with Crippen LogP contribution in [0.4, 0.5) is 5.69 Å². The van der Waals surface area contributed by atoms with Gasteiger partial charge in [-0.3, -0.25) is 14.5 Å². The van der Waals surface area contributed by atoms with Crippen LogP contribution < -0.4 is 4.90 Å². The molecule has 2 fully saturated rings. The van der Waals surface area contributed by atoms with E-state index in [0.717, 1.165) is 30.2 Å². The minimum atomic E-state index is -0.0467. The van der Waals surface area contributed by atoms with Crippen LogP contribution in [0.5, 0.6) is 0 Å². The molecule has 1 heterocycles. The smallest absolute Gasteiger partial charge is 0.234 e. The lowest BCUT2D eigenvalue weighted by Gasteiger charge is -2.42. The molecule has 0 radical (unpaired) electrons. The zero-order valence-electron chi connectivity index (χ0n) is 11.4. The SMILES string of the molecule is O=C1CC2(CCCCC2)CC(=O)N1c1cccc(Br)c1. The maximum Gasteiger partial charge on any atom is 0.234 e. The zero-order chi connectivity index (χ0) is 14.2. The van der Waals surface area contributed by atoms with Crippen LogP contribution in [0.1, 0.15) is 44.9 Å². The molecule has 1 aromatic carbocycles. The number of rotatable bonds is 1. The van der Waals surface area contributed by atoms with Gasteiger partial charge in [0, 0.05) is 17.3 Å². The summed E-state index contributed by atoms with van der Waals surface area (Å²) in [6.45, 7) is 0. The summed E-state index contributed by atoms with van der Waals surface area (Å²) >= 11 is 3.39. The molecule has 2 aliphatic rings. The van der Waals surface area contributed by atoms with E-state index in [2.05, 4.69) is 15.9 Å². The molecule has 0 bridgehead atoms. The van der Waals surface area contributed by atoms with Crippen molar-refractivity contribution in [2.75, 3.05) is 4.90 Å². The lowest BCUT2D eigenvalue weighted by atomic mass is 9.67. The standard InChI is InChI=1S/C16H18BrNO2/c17-12-5-4-6-13(9-12)18-14(19)10-16(11-15(18)20)7-2-1-3-8-16/h4-6,9H,1-3,7-8,10-11H2. The molecule has 1 aliphatic heterocycles. The summed E-state index contributed by atoms with van der Waals surface area (Å²) in [5.74, 6) is -0.0810. The molecule has 0 atom stereocenters. The summed E-state index contributed by atoms with van der Waals surface area (Å²) in [4.78, 5) is 26.3. The minimum absolute atomic E-state index is 0.0405. The van der Waals surface area contributed by atoms with Crippen LogP contribution in [-0.2, 0) is 9.59 Å². The number of amides is 2. The molecule has 0 N–H and O–H groups in total. The molecule has 3 rings (SSSR count). The van der Waals surface area contributed by atoms with Gasteiger partial charge in [0.1, 0.15) is 0 Å². The van der Waals surface area contributed by atoms with E-state index in [0.29, 0.717) is 18.5 Å². The Kier molecular flexibility index (Phi) is 3.67.